The second kappa shape index (κ2) is 5.83. The fourth-order valence-electron chi connectivity index (χ4n) is 2.35. The van der Waals surface area contributed by atoms with Crippen LogP contribution in [0.2, 0.25) is 0 Å². The zero-order valence-corrected chi connectivity index (χ0v) is 11.5. The normalized spacial score (nSPS) is 23.6. The quantitative estimate of drug-likeness (QED) is 0.813. The van der Waals surface area contributed by atoms with Gasteiger partial charge in [-0.05, 0) is 40.0 Å². The van der Waals surface area contributed by atoms with E-state index in [1.807, 2.05) is 25.7 Å². The fraction of sp³-hybridized carbons (Fsp3) is 0.923. The van der Waals surface area contributed by atoms with Crippen LogP contribution in [-0.4, -0.2) is 42.1 Å². The van der Waals surface area contributed by atoms with E-state index < -0.39 is 5.60 Å². The number of carbonyl (C=O) groups is 1. The molecule has 2 N–H and O–H groups in total. The fourth-order valence-corrected chi connectivity index (χ4v) is 2.35. The van der Waals surface area contributed by atoms with Crippen molar-refractivity contribution in [2.45, 2.75) is 64.1 Å². The van der Waals surface area contributed by atoms with Gasteiger partial charge < -0.3 is 15.4 Å². The number of carbonyl (C=O) groups excluding carboxylic acids is 1. The first-order valence-electron chi connectivity index (χ1n) is 6.47. The summed E-state index contributed by atoms with van der Waals surface area (Å²) < 4.78 is 5.32. The Bertz CT molecular complexity index is 264. The SMILES string of the molecule is COC(C)(C)CC(=O)N1CCCCC1C(C)N. The van der Waals surface area contributed by atoms with Crippen molar-refractivity contribution in [3.63, 3.8) is 0 Å². The number of nitrogens with two attached hydrogens (primary N) is 1. The lowest BCUT2D eigenvalue weighted by Crippen LogP contribution is -2.52. The van der Waals surface area contributed by atoms with E-state index in [4.69, 9.17) is 10.5 Å². The molecule has 2 unspecified atom stereocenters. The molecule has 17 heavy (non-hydrogen) atoms. The van der Waals surface area contributed by atoms with Crippen molar-refractivity contribution >= 4 is 5.91 Å². The molecule has 1 amide bonds. The molecule has 1 fully saturated rings. The molecule has 0 saturated carbocycles. The molecule has 0 bridgehead atoms. The van der Waals surface area contributed by atoms with Crippen molar-refractivity contribution in [2.24, 2.45) is 5.73 Å². The van der Waals surface area contributed by atoms with Crippen LogP contribution in [0, 0.1) is 0 Å². The van der Waals surface area contributed by atoms with Gasteiger partial charge in [0.25, 0.3) is 0 Å². The molecule has 1 rings (SSSR count). The number of hydrogen-bond donors (Lipinski definition) is 1. The minimum absolute atomic E-state index is 0.0462. The topological polar surface area (TPSA) is 55.6 Å². The summed E-state index contributed by atoms with van der Waals surface area (Å²) in [6, 6.07) is 0.244. The molecular formula is C13H26N2O2. The predicted octanol–water partition coefficient (Wildman–Crippen LogP) is 1.53. The first-order chi connectivity index (χ1) is 7.87. The lowest BCUT2D eigenvalue weighted by atomic mass is 9.95. The summed E-state index contributed by atoms with van der Waals surface area (Å²) in [5.41, 5.74) is 5.57. The molecule has 0 spiro atoms. The van der Waals surface area contributed by atoms with Crippen LogP contribution in [0.15, 0.2) is 0 Å². The highest BCUT2D eigenvalue weighted by Gasteiger charge is 2.32. The van der Waals surface area contributed by atoms with Crippen LogP contribution in [-0.2, 0) is 9.53 Å². The third-order valence-corrected chi connectivity index (χ3v) is 3.61. The summed E-state index contributed by atoms with van der Waals surface area (Å²) in [5.74, 6) is 0.166. The Morgan fingerprint density at radius 1 is 1.53 bits per heavy atom. The van der Waals surface area contributed by atoms with E-state index in [9.17, 15) is 4.79 Å². The van der Waals surface area contributed by atoms with Crippen LogP contribution >= 0.6 is 0 Å². The number of likely N-dealkylation sites (tertiary alicyclic amines) is 1. The summed E-state index contributed by atoms with van der Waals surface area (Å²) in [7, 11) is 1.65. The lowest BCUT2D eigenvalue weighted by molar-refractivity contribution is -0.140. The van der Waals surface area contributed by atoms with E-state index in [2.05, 4.69) is 0 Å². The van der Waals surface area contributed by atoms with Crippen LogP contribution in [0.1, 0.15) is 46.5 Å². The second-order valence-corrected chi connectivity index (χ2v) is 5.65. The Hall–Kier alpha value is -0.610. The standard InChI is InChI=1S/C13H26N2O2/c1-10(14)11-7-5-6-8-15(11)12(16)9-13(2,3)17-4/h10-11H,5-9,14H2,1-4H3. The molecule has 0 aromatic rings. The van der Waals surface area contributed by atoms with Gasteiger partial charge in [-0.1, -0.05) is 0 Å². The van der Waals surface area contributed by atoms with Crippen molar-refractivity contribution in [2.75, 3.05) is 13.7 Å². The molecule has 0 aromatic carbocycles. The number of ether oxygens (including phenoxy) is 1. The minimum Gasteiger partial charge on any atom is -0.378 e. The van der Waals surface area contributed by atoms with Gasteiger partial charge in [0, 0.05) is 25.7 Å². The Kier molecular flexibility index (Phi) is 4.95. The summed E-state index contributed by atoms with van der Waals surface area (Å²) in [6.07, 6.45) is 3.70. The molecule has 1 aliphatic heterocycles. The summed E-state index contributed by atoms with van der Waals surface area (Å²) in [4.78, 5) is 14.2. The van der Waals surface area contributed by atoms with Crippen LogP contribution in [0.3, 0.4) is 0 Å². The maximum atomic E-state index is 12.3. The molecule has 4 nitrogen and oxygen atoms in total. The molecule has 100 valence electrons. The molecule has 4 heteroatoms. The molecule has 2 atom stereocenters. The van der Waals surface area contributed by atoms with E-state index in [0.717, 1.165) is 19.4 Å². The third kappa shape index (κ3) is 3.96. The minimum atomic E-state index is -0.392. The number of methoxy groups -OCH3 is 1. The van der Waals surface area contributed by atoms with Gasteiger partial charge in [0.15, 0.2) is 0 Å². The Labute approximate surface area is 104 Å². The van der Waals surface area contributed by atoms with Gasteiger partial charge in [0.05, 0.1) is 12.0 Å². The number of amides is 1. The van der Waals surface area contributed by atoms with Crippen molar-refractivity contribution in [3.8, 4) is 0 Å². The van der Waals surface area contributed by atoms with E-state index in [1.165, 1.54) is 6.42 Å². The summed E-state index contributed by atoms with van der Waals surface area (Å²) >= 11 is 0. The molecule has 1 saturated heterocycles. The molecular weight excluding hydrogens is 216 g/mol. The summed E-state index contributed by atoms with van der Waals surface area (Å²) in [5, 5.41) is 0. The number of hydrogen-bond acceptors (Lipinski definition) is 3. The highest BCUT2D eigenvalue weighted by Crippen LogP contribution is 2.23. The maximum absolute atomic E-state index is 12.3. The van der Waals surface area contributed by atoms with Gasteiger partial charge in [0.2, 0.25) is 5.91 Å². The lowest BCUT2D eigenvalue weighted by Gasteiger charge is -2.39. The smallest absolute Gasteiger partial charge is 0.225 e. The van der Waals surface area contributed by atoms with Crippen LogP contribution in [0.4, 0.5) is 0 Å². The maximum Gasteiger partial charge on any atom is 0.225 e. The molecule has 0 radical (unpaired) electrons. The summed E-state index contributed by atoms with van der Waals surface area (Å²) in [6.45, 7) is 6.70. The highest BCUT2D eigenvalue weighted by molar-refractivity contribution is 5.77. The first kappa shape index (κ1) is 14.5. The van der Waals surface area contributed by atoms with Crippen molar-refractivity contribution in [3.05, 3.63) is 0 Å². The van der Waals surface area contributed by atoms with Crippen molar-refractivity contribution in [1.82, 2.24) is 4.90 Å². The Morgan fingerprint density at radius 2 is 2.18 bits per heavy atom. The average molecular weight is 242 g/mol. The van der Waals surface area contributed by atoms with E-state index in [1.54, 1.807) is 7.11 Å². The largest absolute Gasteiger partial charge is 0.378 e. The Morgan fingerprint density at radius 3 is 2.71 bits per heavy atom. The van der Waals surface area contributed by atoms with Gasteiger partial charge in [-0.3, -0.25) is 4.79 Å². The zero-order valence-electron chi connectivity index (χ0n) is 11.5. The van der Waals surface area contributed by atoms with Gasteiger partial charge >= 0.3 is 0 Å². The molecule has 1 heterocycles. The molecule has 1 aliphatic rings. The average Bonchev–Trinajstić information content (AvgIpc) is 2.28. The molecule has 0 aromatic heterocycles. The van der Waals surface area contributed by atoms with Crippen LogP contribution in [0.25, 0.3) is 0 Å². The van der Waals surface area contributed by atoms with E-state index in [0.29, 0.717) is 6.42 Å². The van der Waals surface area contributed by atoms with E-state index >= 15 is 0 Å². The van der Waals surface area contributed by atoms with Crippen molar-refractivity contribution < 1.29 is 9.53 Å². The van der Waals surface area contributed by atoms with Gasteiger partial charge in [-0.25, -0.2) is 0 Å². The monoisotopic (exact) mass is 242 g/mol. The Balaban J connectivity index is 2.65. The number of piperidine rings is 1. The van der Waals surface area contributed by atoms with Crippen molar-refractivity contribution in [1.29, 1.82) is 0 Å². The van der Waals surface area contributed by atoms with Crippen LogP contribution < -0.4 is 5.73 Å². The van der Waals surface area contributed by atoms with E-state index in [-0.39, 0.29) is 18.0 Å². The second-order valence-electron chi connectivity index (χ2n) is 5.65. The zero-order chi connectivity index (χ0) is 13.1. The number of rotatable bonds is 4. The van der Waals surface area contributed by atoms with Gasteiger partial charge in [-0.15, -0.1) is 0 Å². The van der Waals surface area contributed by atoms with Crippen LogP contribution in [0.5, 0.6) is 0 Å². The number of nitrogens with zero attached hydrogens (tertiary/aromatic N) is 1. The highest BCUT2D eigenvalue weighted by atomic mass is 16.5. The predicted molar refractivity (Wildman–Crippen MR) is 68.7 cm³/mol. The van der Waals surface area contributed by atoms with Gasteiger partial charge in [-0.2, -0.15) is 0 Å². The molecule has 0 aliphatic carbocycles. The first-order valence-corrected chi connectivity index (χ1v) is 6.47. The van der Waals surface area contributed by atoms with Gasteiger partial charge in [0.1, 0.15) is 0 Å². The third-order valence-electron chi connectivity index (χ3n) is 3.61.